The number of ether oxygens (including phenoxy) is 1. The Hall–Kier alpha value is -3.57. The van der Waals surface area contributed by atoms with E-state index >= 15 is 0 Å². The van der Waals surface area contributed by atoms with E-state index in [0.29, 0.717) is 12.2 Å². The van der Waals surface area contributed by atoms with Gasteiger partial charge >= 0.3 is 5.97 Å². The number of hydrogen-bond acceptors (Lipinski definition) is 2. The lowest BCUT2D eigenvalue weighted by Crippen LogP contribution is -2.22. The minimum atomic E-state index is -0.305. The maximum atomic E-state index is 11.8. The summed E-state index contributed by atoms with van der Waals surface area (Å²) in [5.41, 5.74) is 9.01. The molecular formula is C31H30O2. The van der Waals surface area contributed by atoms with Crippen LogP contribution in [0.5, 0.6) is 0 Å². The number of aryl methyl sites for hydroxylation is 1. The fraction of sp³-hybridized carbons (Fsp3) is 0.258. The van der Waals surface area contributed by atoms with Gasteiger partial charge in [0, 0.05) is 11.1 Å². The summed E-state index contributed by atoms with van der Waals surface area (Å²) in [6, 6.07) is 22.7. The average molecular weight is 435 g/mol. The molecule has 2 nitrogen and oxygen atoms in total. The zero-order valence-electron chi connectivity index (χ0n) is 19.9. The van der Waals surface area contributed by atoms with Gasteiger partial charge in [0.15, 0.2) is 0 Å². The molecule has 0 N–H and O–H groups in total. The maximum absolute atomic E-state index is 11.8. The van der Waals surface area contributed by atoms with Crippen molar-refractivity contribution in [2.45, 2.75) is 46.0 Å². The van der Waals surface area contributed by atoms with Crippen LogP contribution >= 0.6 is 0 Å². The molecule has 0 saturated heterocycles. The van der Waals surface area contributed by atoms with Crippen LogP contribution in [0.1, 0.15) is 77.9 Å². The Bertz CT molecular complexity index is 1250. The molecule has 0 aromatic heterocycles. The van der Waals surface area contributed by atoms with Crippen molar-refractivity contribution in [2.75, 3.05) is 6.61 Å². The third kappa shape index (κ3) is 4.94. The van der Waals surface area contributed by atoms with Crippen molar-refractivity contribution < 1.29 is 9.53 Å². The number of esters is 1. The molecule has 0 unspecified atom stereocenters. The zero-order valence-corrected chi connectivity index (χ0v) is 19.9. The van der Waals surface area contributed by atoms with Gasteiger partial charge in [0.1, 0.15) is 0 Å². The lowest BCUT2D eigenvalue weighted by atomic mass is 9.72. The second-order valence-electron chi connectivity index (χ2n) is 9.06. The highest BCUT2D eigenvalue weighted by Gasteiger charge is 2.28. The number of carbonyl (C=O) groups is 1. The average Bonchev–Trinajstić information content (AvgIpc) is 2.83. The van der Waals surface area contributed by atoms with E-state index in [4.69, 9.17) is 4.74 Å². The molecule has 3 aromatic carbocycles. The van der Waals surface area contributed by atoms with Crippen molar-refractivity contribution in [3.63, 3.8) is 0 Å². The van der Waals surface area contributed by atoms with Gasteiger partial charge < -0.3 is 4.74 Å². The molecule has 33 heavy (non-hydrogen) atoms. The first-order chi connectivity index (χ1) is 15.9. The van der Waals surface area contributed by atoms with E-state index in [1.54, 1.807) is 19.1 Å². The quantitative estimate of drug-likeness (QED) is 0.328. The topological polar surface area (TPSA) is 26.3 Å². The highest BCUT2D eigenvalue weighted by molar-refractivity contribution is 5.89. The third-order valence-corrected chi connectivity index (χ3v) is 6.28. The summed E-state index contributed by atoms with van der Waals surface area (Å²) >= 11 is 0. The first kappa shape index (κ1) is 22.6. The molecule has 0 saturated carbocycles. The van der Waals surface area contributed by atoms with Crippen LogP contribution in [-0.2, 0) is 16.6 Å². The molecule has 2 heteroatoms. The number of allylic oxidation sites excluding steroid dienone is 1. The molecule has 0 bridgehead atoms. The van der Waals surface area contributed by atoms with E-state index in [1.807, 2.05) is 12.1 Å². The molecule has 1 aliphatic carbocycles. The number of hydrogen-bond donors (Lipinski definition) is 0. The van der Waals surface area contributed by atoms with Gasteiger partial charge in [-0.05, 0) is 89.4 Å². The lowest BCUT2D eigenvalue weighted by molar-refractivity contribution is 0.0526. The van der Waals surface area contributed by atoms with Crippen LogP contribution in [0.2, 0.25) is 0 Å². The Kier molecular flexibility index (Phi) is 6.52. The molecular weight excluding hydrogens is 404 g/mol. The van der Waals surface area contributed by atoms with Gasteiger partial charge in [-0.15, -0.1) is 0 Å². The summed E-state index contributed by atoms with van der Waals surface area (Å²) in [5.74, 6) is 6.24. The minimum Gasteiger partial charge on any atom is -0.462 e. The van der Waals surface area contributed by atoms with Crippen LogP contribution in [0.3, 0.4) is 0 Å². The molecule has 0 fully saturated rings. The van der Waals surface area contributed by atoms with E-state index in [1.165, 1.54) is 27.8 Å². The van der Waals surface area contributed by atoms with Crippen LogP contribution in [0.15, 0.2) is 72.8 Å². The highest BCUT2D eigenvalue weighted by atomic mass is 16.5. The lowest BCUT2D eigenvalue weighted by Gasteiger charge is -2.32. The summed E-state index contributed by atoms with van der Waals surface area (Å²) in [4.78, 5) is 11.8. The van der Waals surface area contributed by atoms with Crippen molar-refractivity contribution in [1.29, 1.82) is 0 Å². The SMILES string of the molecule is CCOC(=O)c1ccc(C#Cc2ccc3c(c2)C(c2ccc(CC)cc2)=CCC3(C)C)cc1. The van der Waals surface area contributed by atoms with E-state index < -0.39 is 0 Å². The number of rotatable bonds is 4. The fourth-order valence-electron chi connectivity index (χ4n) is 4.25. The Balaban J connectivity index is 1.65. The maximum Gasteiger partial charge on any atom is 0.338 e. The summed E-state index contributed by atoms with van der Waals surface area (Å²) in [6.07, 6.45) is 4.43. The number of carbonyl (C=O) groups excluding carboxylic acids is 1. The molecule has 0 aliphatic heterocycles. The molecule has 0 heterocycles. The smallest absolute Gasteiger partial charge is 0.338 e. The predicted molar refractivity (Wildman–Crippen MR) is 135 cm³/mol. The Morgan fingerprint density at radius 1 is 0.909 bits per heavy atom. The first-order valence-corrected chi connectivity index (χ1v) is 11.6. The normalized spacial score (nSPS) is 13.9. The van der Waals surface area contributed by atoms with E-state index in [0.717, 1.165) is 24.0 Å². The van der Waals surface area contributed by atoms with Crippen LogP contribution in [0.25, 0.3) is 5.57 Å². The Morgan fingerprint density at radius 2 is 1.58 bits per heavy atom. The van der Waals surface area contributed by atoms with E-state index in [-0.39, 0.29) is 11.4 Å². The van der Waals surface area contributed by atoms with Gasteiger partial charge in [-0.2, -0.15) is 0 Å². The van der Waals surface area contributed by atoms with Crippen molar-refractivity contribution in [3.05, 3.63) is 112 Å². The van der Waals surface area contributed by atoms with Crippen LogP contribution < -0.4 is 0 Å². The van der Waals surface area contributed by atoms with Crippen molar-refractivity contribution in [3.8, 4) is 11.8 Å². The predicted octanol–water partition coefficient (Wildman–Crippen LogP) is 6.94. The van der Waals surface area contributed by atoms with Gasteiger partial charge in [-0.3, -0.25) is 0 Å². The van der Waals surface area contributed by atoms with Gasteiger partial charge in [0.25, 0.3) is 0 Å². The molecule has 0 spiro atoms. The molecule has 1 aliphatic rings. The Labute approximate surface area is 197 Å². The number of fused-ring (bicyclic) bond motifs is 1. The molecule has 166 valence electrons. The second-order valence-corrected chi connectivity index (χ2v) is 9.06. The zero-order chi connectivity index (χ0) is 23.4. The minimum absolute atomic E-state index is 0.0943. The van der Waals surface area contributed by atoms with Gasteiger partial charge in [0.2, 0.25) is 0 Å². The van der Waals surface area contributed by atoms with Gasteiger partial charge in [0.05, 0.1) is 12.2 Å². The van der Waals surface area contributed by atoms with Gasteiger partial charge in [-0.25, -0.2) is 4.79 Å². The molecule has 4 rings (SSSR count). The largest absolute Gasteiger partial charge is 0.462 e. The summed E-state index contributed by atoms with van der Waals surface area (Å²) in [7, 11) is 0. The van der Waals surface area contributed by atoms with Crippen LogP contribution in [0, 0.1) is 11.8 Å². The van der Waals surface area contributed by atoms with Crippen molar-refractivity contribution >= 4 is 11.5 Å². The third-order valence-electron chi connectivity index (χ3n) is 6.28. The highest BCUT2D eigenvalue weighted by Crippen LogP contribution is 2.41. The fourth-order valence-corrected chi connectivity index (χ4v) is 4.25. The van der Waals surface area contributed by atoms with Gasteiger partial charge in [-0.1, -0.05) is 69.0 Å². The summed E-state index contributed by atoms with van der Waals surface area (Å²) in [5, 5.41) is 0. The summed E-state index contributed by atoms with van der Waals surface area (Å²) < 4.78 is 5.05. The van der Waals surface area contributed by atoms with Crippen molar-refractivity contribution in [2.24, 2.45) is 0 Å². The molecule has 0 amide bonds. The number of benzene rings is 3. The molecule has 3 aromatic rings. The van der Waals surface area contributed by atoms with E-state index in [2.05, 4.69) is 81.2 Å². The standard InChI is InChI=1S/C31H30O2/c1-5-22-9-14-25(15-10-22)27-19-20-31(3,4)29-18-13-24(21-28(27)29)8-7-23-11-16-26(17-12-23)30(32)33-6-2/h9-19,21H,5-6,20H2,1-4H3. The van der Waals surface area contributed by atoms with Crippen LogP contribution in [-0.4, -0.2) is 12.6 Å². The van der Waals surface area contributed by atoms with Crippen molar-refractivity contribution in [1.82, 2.24) is 0 Å². The molecule has 0 atom stereocenters. The first-order valence-electron chi connectivity index (χ1n) is 11.6. The Morgan fingerprint density at radius 3 is 2.24 bits per heavy atom. The summed E-state index contributed by atoms with van der Waals surface area (Å²) in [6.45, 7) is 8.96. The van der Waals surface area contributed by atoms with E-state index in [9.17, 15) is 4.79 Å². The second kappa shape index (κ2) is 9.51. The van der Waals surface area contributed by atoms with Crippen LogP contribution in [0.4, 0.5) is 0 Å². The monoisotopic (exact) mass is 434 g/mol. The molecule has 0 radical (unpaired) electrons.